The summed E-state index contributed by atoms with van der Waals surface area (Å²) in [6, 6.07) is 0.717. The number of carbonyl (C=O) groups excluding carboxylic acids is 1. The molecule has 0 aromatic heterocycles. The van der Waals surface area contributed by atoms with Gasteiger partial charge in [0, 0.05) is 38.7 Å². The summed E-state index contributed by atoms with van der Waals surface area (Å²) in [5.74, 6) is 0.185. The zero-order valence-electron chi connectivity index (χ0n) is 14.9. The van der Waals surface area contributed by atoms with Gasteiger partial charge in [0.15, 0.2) is 0 Å². The maximum Gasteiger partial charge on any atom is 0.219 e. The molecular weight excluding hydrogens is 308 g/mol. The molecule has 3 rings (SSSR count). The van der Waals surface area contributed by atoms with E-state index in [9.17, 15) is 9.90 Å². The topological polar surface area (TPSA) is 62.2 Å². The molecule has 0 spiro atoms. The van der Waals surface area contributed by atoms with E-state index in [4.69, 9.17) is 9.47 Å². The molecule has 3 saturated heterocycles. The Balaban J connectivity index is 1.43. The third kappa shape index (κ3) is 4.48. The molecule has 0 saturated carbocycles. The van der Waals surface area contributed by atoms with E-state index in [-0.39, 0.29) is 12.0 Å². The third-order valence-corrected chi connectivity index (χ3v) is 5.65. The molecule has 24 heavy (non-hydrogen) atoms. The van der Waals surface area contributed by atoms with Crippen LogP contribution in [0.3, 0.4) is 0 Å². The van der Waals surface area contributed by atoms with Crippen molar-refractivity contribution in [3.63, 3.8) is 0 Å². The number of β-amino-alcohol motifs (C(OH)–C–C–N with tert-alkyl or cyclic N) is 1. The zero-order chi connectivity index (χ0) is 16.9. The first kappa shape index (κ1) is 18.1. The Hall–Kier alpha value is -0.690. The Morgan fingerprint density at radius 1 is 1.21 bits per heavy atom. The quantitative estimate of drug-likeness (QED) is 0.750. The number of likely N-dealkylation sites (tertiary alicyclic amines) is 2. The first-order valence-corrected chi connectivity index (χ1v) is 9.54. The lowest BCUT2D eigenvalue weighted by atomic mass is 10.0. The summed E-state index contributed by atoms with van der Waals surface area (Å²) in [6.07, 6.45) is 6.37. The van der Waals surface area contributed by atoms with Crippen LogP contribution in [-0.4, -0.2) is 84.6 Å². The molecule has 0 unspecified atom stereocenters. The number of hydrogen-bond acceptors (Lipinski definition) is 5. The molecule has 0 bridgehead atoms. The van der Waals surface area contributed by atoms with Gasteiger partial charge >= 0.3 is 0 Å². The van der Waals surface area contributed by atoms with Crippen molar-refractivity contribution in [2.24, 2.45) is 0 Å². The van der Waals surface area contributed by atoms with Crippen molar-refractivity contribution in [2.45, 2.75) is 69.7 Å². The highest BCUT2D eigenvalue weighted by molar-refractivity contribution is 5.74. The Morgan fingerprint density at radius 3 is 2.75 bits per heavy atom. The smallest absolute Gasteiger partial charge is 0.219 e. The van der Waals surface area contributed by atoms with Gasteiger partial charge in [-0.1, -0.05) is 0 Å². The average Bonchev–Trinajstić information content (AvgIpc) is 3.28. The number of ether oxygens (including phenoxy) is 2. The highest BCUT2D eigenvalue weighted by Crippen LogP contribution is 2.30. The number of rotatable bonds is 7. The summed E-state index contributed by atoms with van der Waals surface area (Å²) < 4.78 is 11.2. The standard InChI is InChI=1S/C18H32N2O4/c1-14(21)20-9-3-7-18(20)17-6-2-8-19(17)11-15(22)12-23-13-16-5-4-10-24-16/h15-18,22H,2-13H2,1H3/t15-,16+,17-,18+/m0/s1. The number of carbonyl (C=O) groups is 1. The lowest BCUT2D eigenvalue weighted by Gasteiger charge is -2.35. The van der Waals surface area contributed by atoms with Crippen LogP contribution in [0, 0.1) is 0 Å². The fraction of sp³-hybridized carbons (Fsp3) is 0.944. The van der Waals surface area contributed by atoms with Crippen molar-refractivity contribution in [1.82, 2.24) is 9.80 Å². The van der Waals surface area contributed by atoms with Gasteiger partial charge in [-0.3, -0.25) is 9.69 Å². The van der Waals surface area contributed by atoms with Gasteiger partial charge in [0.1, 0.15) is 0 Å². The molecule has 4 atom stereocenters. The first-order chi connectivity index (χ1) is 11.6. The molecule has 3 fully saturated rings. The van der Waals surface area contributed by atoms with Gasteiger partial charge in [-0.05, 0) is 45.1 Å². The lowest BCUT2D eigenvalue weighted by molar-refractivity contribution is -0.130. The minimum Gasteiger partial charge on any atom is -0.389 e. The van der Waals surface area contributed by atoms with Crippen LogP contribution in [0.1, 0.15) is 45.4 Å². The van der Waals surface area contributed by atoms with E-state index in [0.717, 1.165) is 58.2 Å². The van der Waals surface area contributed by atoms with Gasteiger partial charge in [-0.25, -0.2) is 0 Å². The van der Waals surface area contributed by atoms with Crippen molar-refractivity contribution in [1.29, 1.82) is 0 Å². The SMILES string of the molecule is CC(=O)N1CCC[C@@H]1[C@@H]1CCCN1C[C@H](O)COC[C@H]1CCCO1. The molecule has 6 nitrogen and oxygen atoms in total. The van der Waals surface area contributed by atoms with Crippen LogP contribution in [0.2, 0.25) is 0 Å². The maximum absolute atomic E-state index is 11.8. The van der Waals surface area contributed by atoms with Crippen LogP contribution in [0.25, 0.3) is 0 Å². The highest BCUT2D eigenvalue weighted by atomic mass is 16.5. The van der Waals surface area contributed by atoms with E-state index in [2.05, 4.69) is 4.90 Å². The van der Waals surface area contributed by atoms with Crippen LogP contribution < -0.4 is 0 Å². The maximum atomic E-state index is 11.8. The Kier molecular flexibility index (Phi) is 6.49. The molecule has 1 amide bonds. The number of aliphatic hydroxyl groups is 1. The third-order valence-electron chi connectivity index (χ3n) is 5.65. The molecular formula is C18H32N2O4. The second-order valence-corrected chi connectivity index (χ2v) is 7.45. The molecule has 0 aliphatic carbocycles. The van der Waals surface area contributed by atoms with Gasteiger partial charge < -0.3 is 19.5 Å². The van der Waals surface area contributed by atoms with E-state index in [1.165, 1.54) is 0 Å². The predicted octanol–water partition coefficient (Wildman–Crippen LogP) is 1.02. The Morgan fingerprint density at radius 2 is 2.00 bits per heavy atom. The fourth-order valence-electron chi connectivity index (χ4n) is 4.53. The van der Waals surface area contributed by atoms with Crippen molar-refractivity contribution >= 4 is 5.91 Å². The zero-order valence-corrected chi connectivity index (χ0v) is 14.9. The second kappa shape index (κ2) is 8.61. The Bertz CT molecular complexity index is 414. The highest BCUT2D eigenvalue weighted by Gasteiger charge is 2.39. The molecule has 3 aliphatic rings. The van der Waals surface area contributed by atoms with Crippen LogP contribution in [-0.2, 0) is 14.3 Å². The normalized spacial score (nSPS) is 32.6. The molecule has 138 valence electrons. The largest absolute Gasteiger partial charge is 0.389 e. The van der Waals surface area contributed by atoms with Crippen molar-refractivity contribution in [2.75, 3.05) is 39.5 Å². The number of nitrogens with zero attached hydrogens (tertiary/aromatic N) is 2. The monoisotopic (exact) mass is 340 g/mol. The fourth-order valence-corrected chi connectivity index (χ4v) is 4.53. The summed E-state index contributed by atoms with van der Waals surface area (Å²) in [7, 11) is 0. The van der Waals surface area contributed by atoms with Crippen LogP contribution in [0.4, 0.5) is 0 Å². The molecule has 6 heteroatoms. The van der Waals surface area contributed by atoms with E-state index in [0.29, 0.717) is 31.8 Å². The van der Waals surface area contributed by atoms with Crippen LogP contribution in [0.5, 0.6) is 0 Å². The van der Waals surface area contributed by atoms with Gasteiger partial charge in [0.2, 0.25) is 5.91 Å². The van der Waals surface area contributed by atoms with Crippen molar-refractivity contribution < 1.29 is 19.4 Å². The van der Waals surface area contributed by atoms with E-state index >= 15 is 0 Å². The van der Waals surface area contributed by atoms with E-state index in [1.54, 1.807) is 6.92 Å². The number of amides is 1. The second-order valence-electron chi connectivity index (χ2n) is 7.45. The van der Waals surface area contributed by atoms with Gasteiger partial charge in [0.25, 0.3) is 0 Å². The van der Waals surface area contributed by atoms with E-state index < -0.39 is 6.10 Å². The molecule has 0 radical (unpaired) electrons. The molecule has 0 aromatic rings. The summed E-state index contributed by atoms with van der Waals surface area (Å²) in [6.45, 7) is 5.99. The van der Waals surface area contributed by atoms with Crippen molar-refractivity contribution in [3.8, 4) is 0 Å². The minimum absolute atomic E-state index is 0.185. The minimum atomic E-state index is -0.473. The lowest BCUT2D eigenvalue weighted by Crippen LogP contribution is -2.49. The summed E-state index contributed by atoms with van der Waals surface area (Å²) >= 11 is 0. The Labute approximate surface area is 145 Å². The molecule has 3 heterocycles. The molecule has 1 N–H and O–H groups in total. The van der Waals surface area contributed by atoms with Crippen LogP contribution >= 0.6 is 0 Å². The predicted molar refractivity (Wildman–Crippen MR) is 90.8 cm³/mol. The molecule has 3 aliphatic heterocycles. The van der Waals surface area contributed by atoms with E-state index in [1.807, 2.05) is 4.90 Å². The molecule has 0 aromatic carbocycles. The summed E-state index contributed by atoms with van der Waals surface area (Å²) in [4.78, 5) is 16.2. The average molecular weight is 340 g/mol. The number of hydrogen-bond donors (Lipinski definition) is 1. The summed E-state index contributed by atoms with van der Waals surface area (Å²) in [5, 5.41) is 10.3. The van der Waals surface area contributed by atoms with Crippen molar-refractivity contribution in [3.05, 3.63) is 0 Å². The number of aliphatic hydroxyl groups excluding tert-OH is 1. The van der Waals surface area contributed by atoms with Crippen LogP contribution in [0.15, 0.2) is 0 Å². The summed E-state index contributed by atoms with van der Waals surface area (Å²) in [5.41, 5.74) is 0. The van der Waals surface area contributed by atoms with Gasteiger partial charge in [-0.15, -0.1) is 0 Å². The van der Waals surface area contributed by atoms with Gasteiger partial charge in [0.05, 0.1) is 25.4 Å². The van der Waals surface area contributed by atoms with Gasteiger partial charge in [-0.2, -0.15) is 0 Å². The first-order valence-electron chi connectivity index (χ1n) is 9.54.